The van der Waals surface area contributed by atoms with E-state index in [-0.39, 0.29) is 11.4 Å². The fourth-order valence-electron chi connectivity index (χ4n) is 4.89. The number of aromatic nitrogens is 3. The van der Waals surface area contributed by atoms with Crippen LogP contribution in [0, 0.1) is 6.92 Å². The van der Waals surface area contributed by atoms with Gasteiger partial charge in [0.1, 0.15) is 23.0 Å². The van der Waals surface area contributed by atoms with E-state index >= 15 is 0 Å². The zero-order valence-corrected chi connectivity index (χ0v) is 25.0. The molecule has 42 heavy (non-hydrogen) atoms. The number of anilines is 3. The Bertz CT molecular complexity index is 1730. The van der Waals surface area contributed by atoms with Gasteiger partial charge in [-0.3, -0.25) is 5.32 Å². The lowest BCUT2D eigenvalue weighted by molar-refractivity contribution is 0.112. The fraction of sp³-hybridized carbons (Fsp3) is 0.265. The Morgan fingerprint density at radius 1 is 0.905 bits per heavy atom. The predicted molar refractivity (Wildman–Crippen MR) is 171 cm³/mol. The number of carbonyl (C=O) groups is 1. The van der Waals surface area contributed by atoms with Crippen LogP contribution in [0.4, 0.5) is 22.1 Å². The number of nitrogen functional groups attached to an aromatic ring is 1. The topological polar surface area (TPSA) is 107 Å². The first-order valence-corrected chi connectivity index (χ1v) is 14.0. The SMILES string of the molecule is Cc1ccc(-n2nc(C(C)(C)C)cc2NC(=O)Nc2ccc(OC(C)(C)Cc3ccnc(N)c3)c3ccccc23)cc1. The molecule has 0 saturated carbocycles. The van der Waals surface area contributed by atoms with Crippen molar-refractivity contribution in [3.63, 3.8) is 0 Å². The van der Waals surface area contributed by atoms with E-state index in [9.17, 15) is 4.79 Å². The molecule has 0 aliphatic heterocycles. The number of ether oxygens (including phenoxy) is 1. The summed E-state index contributed by atoms with van der Waals surface area (Å²) in [5.41, 5.74) is 9.80. The third-order valence-corrected chi connectivity index (χ3v) is 6.99. The highest BCUT2D eigenvalue weighted by Crippen LogP contribution is 2.35. The molecule has 2 aromatic heterocycles. The molecule has 0 saturated heterocycles. The number of amides is 2. The minimum atomic E-state index is -0.512. The number of nitrogens with one attached hydrogen (secondary N) is 2. The molecular weight excluding hydrogens is 524 g/mol. The molecule has 0 bridgehead atoms. The molecule has 0 aliphatic carbocycles. The lowest BCUT2D eigenvalue weighted by atomic mass is 9.92. The number of nitrogens with two attached hydrogens (primary N) is 1. The van der Waals surface area contributed by atoms with Crippen LogP contribution < -0.4 is 21.1 Å². The van der Waals surface area contributed by atoms with E-state index in [1.165, 1.54) is 0 Å². The molecule has 5 aromatic rings. The summed E-state index contributed by atoms with van der Waals surface area (Å²) in [6, 6.07) is 25.1. The minimum Gasteiger partial charge on any atom is -0.487 e. The monoisotopic (exact) mass is 562 g/mol. The molecule has 8 heteroatoms. The second kappa shape index (κ2) is 11.2. The second-order valence-electron chi connectivity index (χ2n) is 12.3. The predicted octanol–water partition coefficient (Wildman–Crippen LogP) is 7.65. The molecule has 2 heterocycles. The maximum Gasteiger partial charge on any atom is 0.324 e. The van der Waals surface area contributed by atoms with Gasteiger partial charge in [-0.25, -0.2) is 14.5 Å². The molecule has 2 amide bonds. The number of rotatable bonds is 7. The summed E-state index contributed by atoms with van der Waals surface area (Å²) >= 11 is 0. The summed E-state index contributed by atoms with van der Waals surface area (Å²) in [6.45, 7) is 12.4. The van der Waals surface area contributed by atoms with E-state index < -0.39 is 5.60 Å². The average molecular weight is 563 g/mol. The largest absolute Gasteiger partial charge is 0.487 e. The van der Waals surface area contributed by atoms with Crippen LogP contribution in [-0.2, 0) is 11.8 Å². The maximum absolute atomic E-state index is 13.4. The van der Waals surface area contributed by atoms with E-state index in [4.69, 9.17) is 15.6 Å². The molecule has 5 rings (SSSR count). The first-order valence-electron chi connectivity index (χ1n) is 14.0. The van der Waals surface area contributed by atoms with Gasteiger partial charge < -0.3 is 15.8 Å². The Morgan fingerprint density at radius 2 is 1.62 bits per heavy atom. The molecule has 0 radical (unpaired) electrons. The van der Waals surface area contributed by atoms with Gasteiger partial charge in [-0.1, -0.05) is 62.7 Å². The molecule has 216 valence electrons. The molecular formula is C34H38N6O2. The minimum absolute atomic E-state index is 0.188. The van der Waals surface area contributed by atoms with Crippen LogP contribution in [0.1, 0.15) is 51.4 Å². The number of nitrogens with zero attached hydrogens (tertiary/aromatic N) is 3. The van der Waals surface area contributed by atoms with Gasteiger partial charge in [-0.2, -0.15) is 5.10 Å². The third-order valence-electron chi connectivity index (χ3n) is 6.99. The number of urea groups is 1. The number of carbonyl (C=O) groups excluding carboxylic acids is 1. The van der Waals surface area contributed by atoms with Crippen LogP contribution in [0.2, 0.25) is 0 Å². The van der Waals surface area contributed by atoms with Gasteiger partial charge in [0.2, 0.25) is 0 Å². The van der Waals surface area contributed by atoms with Crippen molar-refractivity contribution >= 4 is 34.1 Å². The summed E-state index contributed by atoms with van der Waals surface area (Å²) < 4.78 is 8.29. The molecule has 0 spiro atoms. The van der Waals surface area contributed by atoms with Crippen LogP contribution in [0.15, 0.2) is 85.1 Å². The number of hydrogen-bond acceptors (Lipinski definition) is 5. The lowest BCUT2D eigenvalue weighted by Crippen LogP contribution is -2.31. The van der Waals surface area contributed by atoms with Crippen molar-refractivity contribution in [3.05, 3.63) is 102 Å². The number of pyridine rings is 1. The van der Waals surface area contributed by atoms with E-state index in [1.807, 2.05) is 99.6 Å². The summed E-state index contributed by atoms with van der Waals surface area (Å²) in [6.07, 6.45) is 2.36. The van der Waals surface area contributed by atoms with Crippen LogP contribution in [0.3, 0.4) is 0 Å². The molecule has 4 N–H and O–H groups in total. The highest BCUT2D eigenvalue weighted by atomic mass is 16.5. The molecule has 3 aromatic carbocycles. The number of benzene rings is 3. The maximum atomic E-state index is 13.4. The van der Waals surface area contributed by atoms with E-state index in [2.05, 4.69) is 36.4 Å². The van der Waals surface area contributed by atoms with Gasteiger partial charge >= 0.3 is 6.03 Å². The van der Waals surface area contributed by atoms with E-state index in [1.54, 1.807) is 10.9 Å². The highest BCUT2D eigenvalue weighted by molar-refractivity contribution is 6.07. The third kappa shape index (κ3) is 6.54. The van der Waals surface area contributed by atoms with Gasteiger partial charge in [-0.05, 0) is 62.7 Å². The highest BCUT2D eigenvalue weighted by Gasteiger charge is 2.24. The second-order valence-corrected chi connectivity index (χ2v) is 12.3. The lowest BCUT2D eigenvalue weighted by Gasteiger charge is -2.28. The van der Waals surface area contributed by atoms with E-state index in [0.29, 0.717) is 23.7 Å². The van der Waals surface area contributed by atoms with Crippen molar-refractivity contribution in [1.29, 1.82) is 0 Å². The summed E-state index contributed by atoms with van der Waals surface area (Å²) in [5, 5.41) is 12.6. The van der Waals surface area contributed by atoms with Crippen molar-refractivity contribution in [2.45, 2.75) is 59.0 Å². The fourth-order valence-corrected chi connectivity index (χ4v) is 4.89. The van der Waals surface area contributed by atoms with Crippen LogP contribution >= 0.6 is 0 Å². The molecule has 0 aliphatic rings. The van der Waals surface area contributed by atoms with Gasteiger partial charge in [0.25, 0.3) is 0 Å². The van der Waals surface area contributed by atoms with Gasteiger partial charge in [0.05, 0.1) is 17.1 Å². The standard InChI is InChI=1S/C34H38N6O2/c1-22-11-13-24(14-12-22)40-31(20-29(39-40)33(2,3)4)38-32(41)37-27-15-16-28(26-10-8-7-9-25(26)27)42-34(5,6)21-23-17-18-36-30(35)19-23/h7-20H,21H2,1-6H3,(H2,35,36)(H2,37,38,41). The quantitative estimate of drug-likeness (QED) is 0.189. The average Bonchev–Trinajstić information content (AvgIpc) is 3.34. The van der Waals surface area contributed by atoms with Crippen molar-refractivity contribution in [3.8, 4) is 11.4 Å². The van der Waals surface area contributed by atoms with Gasteiger partial charge in [-0.15, -0.1) is 0 Å². The van der Waals surface area contributed by atoms with Crippen molar-refractivity contribution in [1.82, 2.24) is 14.8 Å². The zero-order chi connectivity index (χ0) is 30.1. The Hall–Kier alpha value is -4.85. The summed E-state index contributed by atoms with van der Waals surface area (Å²) in [4.78, 5) is 17.4. The normalized spacial score (nSPS) is 11.9. The van der Waals surface area contributed by atoms with Crippen LogP contribution in [0.5, 0.6) is 5.75 Å². The smallest absolute Gasteiger partial charge is 0.324 e. The summed E-state index contributed by atoms with van der Waals surface area (Å²) in [5.74, 6) is 1.80. The molecule has 8 nitrogen and oxygen atoms in total. The molecule has 0 unspecified atom stereocenters. The number of aryl methyl sites for hydroxylation is 1. The van der Waals surface area contributed by atoms with Gasteiger partial charge in [0.15, 0.2) is 0 Å². The summed E-state index contributed by atoms with van der Waals surface area (Å²) in [7, 11) is 0. The molecule has 0 atom stereocenters. The number of fused-ring (bicyclic) bond motifs is 1. The van der Waals surface area contributed by atoms with Crippen LogP contribution in [-0.4, -0.2) is 26.4 Å². The first kappa shape index (κ1) is 28.7. The number of hydrogen-bond donors (Lipinski definition) is 3. The zero-order valence-electron chi connectivity index (χ0n) is 25.0. The van der Waals surface area contributed by atoms with Gasteiger partial charge in [0, 0.05) is 34.9 Å². The Kier molecular flexibility index (Phi) is 7.65. The van der Waals surface area contributed by atoms with Crippen molar-refractivity contribution < 1.29 is 9.53 Å². The Balaban J connectivity index is 1.39. The first-order chi connectivity index (χ1) is 19.9. The van der Waals surface area contributed by atoms with E-state index in [0.717, 1.165) is 39.0 Å². The Morgan fingerprint density at radius 3 is 2.31 bits per heavy atom. The van der Waals surface area contributed by atoms with Crippen LogP contribution in [0.25, 0.3) is 16.5 Å². The van der Waals surface area contributed by atoms with Crippen molar-refractivity contribution in [2.24, 2.45) is 0 Å². The Labute approximate surface area is 246 Å². The van der Waals surface area contributed by atoms with Crippen molar-refractivity contribution in [2.75, 3.05) is 16.4 Å². The molecule has 0 fully saturated rings.